The van der Waals surface area contributed by atoms with Gasteiger partial charge in [0.2, 0.25) is 0 Å². The number of aliphatic hydroxyl groups excluding tert-OH is 2. The number of rotatable bonds is 11. The molecule has 1 aliphatic rings. The first-order chi connectivity index (χ1) is 16.1. The molecular formula is C20H30F3N5O6. The van der Waals surface area contributed by atoms with Crippen LogP contribution in [0.3, 0.4) is 0 Å². The Morgan fingerprint density at radius 2 is 1.94 bits per heavy atom. The molecule has 0 saturated carbocycles. The third-order valence-corrected chi connectivity index (χ3v) is 5.00. The maximum Gasteiger partial charge on any atom is 0.434 e. The summed E-state index contributed by atoms with van der Waals surface area (Å²) in [4.78, 5) is 30.0. The van der Waals surface area contributed by atoms with Gasteiger partial charge in [-0.15, -0.1) is 0 Å². The molecule has 0 bridgehead atoms. The highest BCUT2D eigenvalue weighted by atomic mass is 19.4. The normalized spacial score (nSPS) is 22.6. The van der Waals surface area contributed by atoms with Crippen molar-refractivity contribution in [1.29, 1.82) is 0 Å². The van der Waals surface area contributed by atoms with Gasteiger partial charge >= 0.3 is 18.2 Å². The Hall–Kier alpha value is -2.71. The van der Waals surface area contributed by atoms with Crippen molar-refractivity contribution in [2.45, 2.75) is 63.1 Å². The number of carbonyl (C=O) groups excluding carboxylic acids is 2. The molecule has 0 spiro atoms. The van der Waals surface area contributed by atoms with Gasteiger partial charge in [-0.25, -0.2) is 9.78 Å². The van der Waals surface area contributed by atoms with Crippen molar-refractivity contribution in [1.82, 2.24) is 20.6 Å². The predicted octanol–water partition coefficient (Wildman–Crippen LogP) is 0.819. The van der Waals surface area contributed by atoms with E-state index < -0.39 is 42.3 Å². The summed E-state index contributed by atoms with van der Waals surface area (Å²) in [5.74, 6) is -0.477. The van der Waals surface area contributed by atoms with Crippen LogP contribution in [-0.2, 0) is 20.4 Å². The number of halogens is 3. The van der Waals surface area contributed by atoms with E-state index in [2.05, 4.69) is 25.9 Å². The Balaban J connectivity index is 1.68. The lowest BCUT2D eigenvalue weighted by Crippen LogP contribution is -2.58. The van der Waals surface area contributed by atoms with Crippen molar-refractivity contribution < 1.29 is 42.4 Å². The number of hydrogen-bond acceptors (Lipinski definition) is 9. The molecular weight excluding hydrogens is 463 g/mol. The summed E-state index contributed by atoms with van der Waals surface area (Å²) in [5, 5.41) is 28.4. The van der Waals surface area contributed by atoms with E-state index in [9.17, 15) is 33.0 Å². The molecule has 1 aromatic heterocycles. The quantitative estimate of drug-likeness (QED) is 0.223. The lowest BCUT2D eigenvalue weighted by atomic mass is 9.98. The van der Waals surface area contributed by atoms with Crippen LogP contribution in [0.5, 0.6) is 0 Å². The van der Waals surface area contributed by atoms with Crippen molar-refractivity contribution in [2.75, 3.05) is 31.6 Å². The molecule has 1 aromatic rings. The van der Waals surface area contributed by atoms with E-state index in [1.54, 1.807) is 6.92 Å². The van der Waals surface area contributed by atoms with Crippen LogP contribution in [0.1, 0.15) is 38.3 Å². The number of nitrogens with one attached hydrogen (secondary N) is 3. The standard InChI is InChI=1S/C20H30F3N5O6/c1-2-33-16(29)6-4-3-5-7-25-19(32)26-8-13-18(31)17(30)12(11-34-13)27-15-10-24-9-14(28-15)20(21,22)23/h9-10,12-13,17-18,30-31H,2-8,11H2,1H3,(H,27,28)(H2,25,26,32)/t12-,13+,17+,18-/m0/s1. The molecule has 11 nitrogen and oxygen atoms in total. The zero-order valence-corrected chi connectivity index (χ0v) is 18.7. The van der Waals surface area contributed by atoms with Crippen LogP contribution in [0.2, 0.25) is 0 Å². The minimum absolute atomic E-state index is 0.0942. The average Bonchev–Trinajstić information content (AvgIpc) is 2.78. The molecule has 2 rings (SSSR count). The number of hydrogen-bond donors (Lipinski definition) is 5. The largest absolute Gasteiger partial charge is 0.466 e. The van der Waals surface area contributed by atoms with E-state index in [0.717, 1.165) is 12.6 Å². The Kier molecular flexibility index (Phi) is 10.7. The van der Waals surface area contributed by atoms with Crippen molar-refractivity contribution in [2.24, 2.45) is 0 Å². The first kappa shape index (κ1) is 27.5. The number of anilines is 1. The highest BCUT2D eigenvalue weighted by Crippen LogP contribution is 2.28. The molecule has 14 heteroatoms. The predicted molar refractivity (Wildman–Crippen MR) is 113 cm³/mol. The Labute approximate surface area is 194 Å². The zero-order valence-electron chi connectivity index (χ0n) is 18.7. The minimum Gasteiger partial charge on any atom is -0.466 e. The summed E-state index contributed by atoms with van der Waals surface area (Å²) in [6, 6.07) is -1.43. The van der Waals surface area contributed by atoms with E-state index in [-0.39, 0.29) is 24.9 Å². The lowest BCUT2D eigenvalue weighted by molar-refractivity contribution is -0.143. The van der Waals surface area contributed by atoms with Gasteiger partial charge in [0.15, 0.2) is 5.69 Å². The van der Waals surface area contributed by atoms with Crippen LogP contribution < -0.4 is 16.0 Å². The van der Waals surface area contributed by atoms with E-state index in [1.165, 1.54) is 0 Å². The van der Waals surface area contributed by atoms with Crippen molar-refractivity contribution in [3.05, 3.63) is 18.1 Å². The first-order valence-electron chi connectivity index (χ1n) is 10.9. The summed E-state index contributed by atoms with van der Waals surface area (Å²) < 4.78 is 48.6. The van der Waals surface area contributed by atoms with Crippen LogP contribution in [-0.4, -0.2) is 82.8 Å². The SMILES string of the molecule is CCOC(=O)CCCCCNC(=O)NC[C@H]1OC[C@H](Nc2cncc(C(F)(F)F)n2)[C@@H](O)[C@H]1O. The second-order valence-electron chi connectivity index (χ2n) is 7.64. The van der Waals surface area contributed by atoms with Gasteiger partial charge in [0.25, 0.3) is 0 Å². The maximum atomic E-state index is 12.8. The molecule has 2 amide bonds. The lowest BCUT2D eigenvalue weighted by Gasteiger charge is -2.38. The van der Waals surface area contributed by atoms with E-state index in [1.807, 2.05) is 0 Å². The van der Waals surface area contributed by atoms with Crippen molar-refractivity contribution in [3.8, 4) is 0 Å². The number of carbonyl (C=O) groups is 2. The van der Waals surface area contributed by atoms with Gasteiger partial charge < -0.3 is 35.6 Å². The summed E-state index contributed by atoms with van der Waals surface area (Å²) in [6.07, 6.45) is -4.37. The van der Waals surface area contributed by atoms with Gasteiger partial charge in [0.05, 0.1) is 31.6 Å². The summed E-state index contributed by atoms with van der Waals surface area (Å²) in [7, 11) is 0. The monoisotopic (exact) mass is 493 g/mol. The molecule has 0 radical (unpaired) electrons. The number of aliphatic hydroxyl groups is 2. The smallest absolute Gasteiger partial charge is 0.434 e. The van der Waals surface area contributed by atoms with Gasteiger partial charge in [-0.3, -0.25) is 9.78 Å². The molecule has 1 saturated heterocycles. The summed E-state index contributed by atoms with van der Waals surface area (Å²) in [5.41, 5.74) is -1.20. The fourth-order valence-corrected chi connectivity index (χ4v) is 3.21. The molecule has 0 aromatic carbocycles. The fraction of sp³-hybridized carbons (Fsp3) is 0.700. The van der Waals surface area contributed by atoms with Gasteiger partial charge in [-0.1, -0.05) is 6.42 Å². The van der Waals surface area contributed by atoms with Crippen molar-refractivity contribution >= 4 is 17.8 Å². The Morgan fingerprint density at radius 3 is 2.65 bits per heavy atom. The van der Waals surface area contributed by atoms with Crippen molar-refractivity contribution in [3.63, 3.8) is 0 Å². The van der Waals surface area contributed by atoms with Crippen LogP contribution in [0.25, 0.3) is 0 Å². The van der Waals surface area contributed by atoms with Gasteiger partial charge in [-0.05, 0) is 19.8 Å². The van der Waals surface area contributed by atoms with Crippen LogP contribution in [0.15, 0.2) is 12.4 Å². The molecule has 192 valence electrons. The molecule has 0 aliphatic carbocycles. The van der Waals surface area contributed by atoms with Gasteiger partial charge in [-0.2, -0.15) is 13.2 Å². The van der Waals surface area contributed by atoms with E-state index in [0.29, 0.717) is 38.6 Å². The minimum atomic E-state index is -4.67. The van der Waals surface area contributed by atoms with Crippen LogP contribution in [0, 0.1) is 0 Å². The Morgan fingerprint density at radius 1 is 1.18 bits per heavy atom. The Bertz CT molecular complexity index is 800. The second kappa shape index (κ2) is 13.2. The highest BCUT2D eigenvalue weighted by Gasteiger charge is 2.39. The summed E-state index contributed by atoms with van der Waals surface area (Å²) >= 11 is 0. The first-order valence-corrected chi connectivity index (χ1v) is 10.9. The molecule has 5 N–H and O–H groups in total. The van der Waals surface area contributed by atoms with Gasteiger partial charge in [0.1, 0.15) is 24.1 Å². The number of amides is 2. The molecule has 34 heavy (non-hydrogen) atoms. The number of alkyl halides is 3. The van der Waals surface area contributed by atoms with Gasteiger partial charge in [0, 0.05) is 19.5 Å². The fourth-order valence-electron chi connectivity index (χ4n) is 3.21. The number of unbranched alkanes of at least 4 members (excludes halogenated alkanes) is 2. The summed E-state index contributed by atoms with van der Waals surface area (Å²) in [6.45, 7) is 2.23. The average molecular weight is 493 g/mol. The number of aromatic nitrogens is 2. The number of esters is 1. The maximum absolute atomic E-state index is 12.8. The third kappa shape index (κ3) is 8.91. The highest BCUT2D eigenvalue weighted by molar-refractivity contribution is 5.73. The third-order valence-electron chi connectivity index (χ3n) is 5.00. The second-order valence-corrected chi connectivity index (χ2v) is 7.64. The molecule has 0 unspecified atom stereocenters. The molecule has 1 aliphatic heterocycles. The zero-order chi connectivity index (χ0) is 25.1. The molecule has 4 atom stereocenters. The van der Waals surface area contributed by atoms with Crippen LogP contribution in [0.4, 0.5) is 23.8 Å². The van der Waals surface area contributed by atoms with Crippen LogP contribution >= 0.6 is 0 Å². The molecule has 2 heterocycles. The topological polar surface area (TPSA) is 155 Å². The van der Waals surface area contributed by atoms with E-state index in [4.69, 9.17) is 9.47 Å². The van der Waals surface area contributed by atoms with E-state index >= 15 is 0 Å². The number of nitrogens with zero attached hydrogens (tertiary/aromatic N) is 2. The number of ether oxygens (including phenoxy) is 2. The number of urea groups is 1. The molecule has 1 fully saturated rings.